The van der Waals surface area contributed by atoms with E-state index in [0.29, 0.717) is 11.7 Å². The smallest absolute Gasteiger partial charge is 0.132 e. The lowest BCUT2D eigenvalue weighted by Crippen LogP contribution is -2.13. The van der Waals surface area contributed by atoms with Crippen molar-refractivity contribution in [3.05, 3.63) is 25.3 Å². The molecule has 0 saturated heterocycles. The summed E-state index contributed by atoms with van der Waals surface area (Å²) in [5.41, 5.74) is 1.24. The summed E-state index contributed by atoms with van der Waals surface area (Å²) in [6.45, 7) is 11.9. The highest BCUT2D eigenvalue weighted by Gasteiger charge is 2.18. The fourth-order valence-electron chi connectivity index (χ4n) is 1.43. The summed E-state index contributed by atoms with van der Waals surface area (Å²) >= 11 is 0. The Morgan fingerprint density at radius 3 is 2.08 bits per heavy atom. The van der Waals surface area contributed by atoms with Crippen LogP contribution >= 0.6 is 0 Å². The van der Waals surface area contributed by atoms with Crippen molar-refractivity contribution in [3.63, 3.8) is 0 Å². The van der Waals surface area contributed by atoms with Crippen molar-refractivity contribution in [3.8, 4) is 0 Å². The molecule has 0 aromatic carbocycles. The lowest BCUT2D eigenvalue weighted by Gasteiger charge is -2.20. The van der Waals surface area contributed by atoms with Gasteiger partial charge in [-0.15, -0.1) is 13.2 Å². The highest BCUT2D eigenvalue weighted by atomic mass is 16.1. The van der Waals surface area contributed by atoms with Crippen LogP contribution in [0.4, 0.5) is 0 Å². The molecular formula is C11H18O. The molecule has 0 amide bonds. The van der Waals surface area contributed by atoms with Gasteiger partial charge in [-0.3, -0.25) is 4.79 Å². The molecule has 0 radical (unpaired) electrons. The van der Waals surface area contributed by atoms with E-state index in [1.807, 2.05) is 0 Å². The zero-order chi connectivity index (χ0) is 9.56. The maximum Gasteiger partial charge on any atom is 0.132 e. The molecule has 1 fully saturated rings. The number of Topliss-reactive ketones (excluding diaryl/α,β-unsaturated/α-hetero) is 1. The maximum atomic E-state index is 10.8. The number of hydrogen-bond acceptors (Lipinski definition) is 1. The second-order valence-corrected chi connectivity index (χ2v) is 3.16. The summed E-state index contributed by atoms with van der Waals surface area (Å²) < 4.78 is 0. The quantitative estimate of drug-likeness (QED) is 0.547. The summed E-state index contributed by atoms with van der Waals surface area (Å²) in [6.07, 6.45) is 3.62. The van der Waals surface area contributed by atoms with Crippen LogP contribution in [0.15, 0.2) is 25.3 Å². The van der Waals surface area contributed by atoms with Crippen LogP contribution in [0.1, 0.15) is 32.6 Å². The van der Waals surface area contributed by atoms with E-state index < -0.39 is 0 Å². The van der Waals surface area contributed by atoms with Crippen LogP contribution in [0.2, 0.25) is 0 Å². The largest absolute Gasteiger partial charge is 0.300 e. The predicted octanol–water partition coefficient (Wildman–Crippen LogP) is 3.12. The van der Waals surface area contributed by atoms with E-state index in [0.717, 1.165) is 25.7 Å². The minimum atomic E-state index is 0.428. The van der Waals surface area contributed by atoms with Crippen LogP contribution in [0.5, 0.6) is 0 Å². The SMILES string of the molecule is C=C.C=C(C)C1CCC(=O)CC1. The molecule has 1 aliphatic rings. The molecule has 0 aromatic heterocycles. The zero-order valence-electron chi connectivity index (χ0n) is 7.94. The fraction of sp³-hybridized carbons (Fsp3) is 0.545. The molecule has 12 heavy (non-hydrogen) atoms. The molecule has 1 aliphatic carbocycles. The first-order chi connectivity index (χ1) is 5.70. The molecule has 0 N–H and O–H groups in total. The molecule has 68 valence electrons. The van der Waals surface area contributed by atoms with Crippen LogP contribution in [0.3, 0.4) is 0 Å². The number of carbonyl (C=O) groups is 1. The molecule has 0 aromatic rings. The fourth-order valence-corrected chi connectivity index (χ4v) is 1.43. The molecule has 0 aliphatic heterocycles. The minimum absolute atomic E-state index is 0.428. The van der Waals surface area contributed by atoms with Crippen molar-refractivity contribution in [1.82, 2.24) is 0 Å². The highest BCUT2D eigenvalue weighted by Crippen LogP contribution is 2.26. The molecule has 0 unspecified atom stereocenters. The summed E-state index contributed by atoms with van der Waals surface area (Å²) in [4.78, 5) is 10.8. The second-order valence-electron chi connectivity index (χ2n) is 3.16. The third-order valence-electron chi connectivity index (χ3n) is 2.24. The van der Waals surface area contributed by atoms with Crippen molar-refractivity contribution < 1.29 is 4.79 Å². The minimum Gasteiger partial charge on any atom is -0.300 e. The van der Waals surface area contributed by atoms with Gasteiger partial charge in [0.1, 0.15) is 5.78 Å². The van der Waals surface area contributed by atoms with E-state index in [9.17, 15) is 4.79 Å². The van der Waals surface area contributed by atoms with E-state index in [4.69, 9.17) is 0 Å². The normalized spacial score (nSPS) is 17.9. The monoisotopic (exact) mass is 166 g/mol. The Balaban J connectivity index is 0.000000561. The van der Waals surface area contributed by atoms with Gasteiger partial charge in [0, 0.05) is 12.8 Å². The number of rotatable bonds is 1. The van der Waals surface area contributed by atoms with E-state index in [2.05, 4.69) is 26.7 Å². The molecule has 0 bridgehead atoms. The van der Waals surface area contributed by atoms with Crippen LogP contribution in [0.25, 0.3) is 0 Å². The van der Waals surface area contributed by atoms with Crippen molar-refractivity contribution >= 4 is 5.78 Å². The van der Waals surface area contributed by atoms with E-state index in [-0.39, 0.29) is 0 Å². The number of allylic oxidation sites excluding steroid dienone is 1. The first kappa shape index (κ1) is 11.2. The molecule has 0 heterocycles. The Morgan fingerprint density at radius 1 is 1.33 bits per heavy atom. The van der Waals surface area contributed by atoms with Crippen LogP contribution < -0.4 is 0 Å². The summed E-state index contributed by atoms with van der Waals surface area (Å²) in [7, 11) is 0. The third kappa shape index (κ3) is 3.51. The number of ketones is 1. The Labute approximate surface area is 75.2 Å². The van der Waals surface area contributed by atoms with Gasteiger partial charge in [-0.05, 0) is 25.7 Å². The molecule has 1 heteroatoms. The molecule has 1 rings (SSSR count). The highest BCUT2D eigenvalue weighted by molar-refractivity contribution is 5.79. The van der Waals surface area contributed by atoms with E-state index in [1.165, 1.54) is 5.57 Å². The first-order valence-corrected chi connectivity index (χ1v) is 4.37. The number of hydrogen-bond donors (Lipinski definition) is 0. The molecular weight excluding hydrogens is 148 g/mol. The van der Waals surface area contributed by atoms with Crippen LogP contribution in [-0.2, 0) is 4.79 Å². The maximum absolute atomic E-state index is 10.8. The van der Waals surface area contributed by atoms with Crippen molar-refractivity contribution in [2.24, 2.45) is 5.92 Å². The zero-order valence-corrected chi connectivity index (χ0v) is 7.94. The molecule has 0 spiro atoms. The standard InChI is InChI=1S/C9H14O.C2H4/c1-7(2)8-3-5-9(10)6-4-8;1-2/h8H,1,3-6H2,2H3;1-2H2. The van der Waals surface area contributed by atoms with Gasteiger partial charge >= 0.3 is 0 Å². The van der Waals surface area contributed by atoms with Gasteiger partial charge in [-0.2, -0.15) is 0 Å². The van der Waals surface area contributed by atoms with E-state index >= 15 is 0 Å². The van der Waals surface area contributed by atoms with Crippen LogP contribution in [0, 0.1) is 5.92 Å². The predicted molar refractivity (Wildman–Crippen MR) is 53.0 cm³/mol. The molecule has 1 nitrogen and oxygen atoms in total. The average Bonchev–Trinajstić information content (AvgIpc) is 2.09. The molecule has 0 atom stereocenters. The third-order valence-corrected chi connectivity index (χ3v) is 2.24. The van der Waals surface area contributed by atoms with Crippen molar-refractivity contribution in [1.29, 1.82) is 0 Å². The van der Waals surface area contributed by atoms with Gasteiger partial charge in [0.25, 0.3) is 0 Å². The summed E-state index contributed by atoms with van der Waals surface area (Å²) in [5, 5.41) is 0. The van der Waals surface area contributed by atoms with Gasteiger partial charge in [0.05, 0.1) is 0 Å². The van der Waals surface area contributed by atoms with Crippen LogP contribution in [-0.4, -0.2) is 5.78 Å². The van der Waals surface area contributed by atoms with Gasteiger partial charge in [0.2, 0.25) is 0 Å². The van der Waals surface area contributed by atoms with Gasteiger partial charge in [0.15, 0.2) is 0 Å². The van der Waals surface area contributed by atoms with Gasteiger partial charge in [-0.25, -0.2) is 0 Å². The Morgan fingerprint density at radius 2 is 1.75 bits per heavy atom. The Kier molecular flexibility index (Phi) is 5.35. The lowest BCUT2D eigenvalue weighted by atomic mass is 9.84. The lowest BCUT2D eigenvalue weighted by molar-refractivity contribution is -0.120. The van der Waals surface area contributed by atoms with Crippen molar-refractivity contribution in [2.75, 3.05) is 0 Å². The first-order valence-electron chi connectivity index (χ1n) is 4.37. The summed E-state index contributed by atoms with van der Waals surface area (Å²) in [5.74, 6) is 1.05. The van der Waals surface area contributed by atoms with Crippen molar-refractivity contribution in [2.45, 2.75) is 32.6 Å². The number of carbonyl (C=O) groups excluding carboxylic acids is 1. The van der Waals surface area contributed by atoms with E-state index in [1.54, 1.807) is 0 Å². The Hall–Kier alpha value is -0.850. The topological polar surface area (TPSA) is 17.1 Å². The Bertz CT molecular complexity index is 160. The molecule has 1 saturated carbocycles. The van der Waals surface area contributed by atoms with Gasteiger partial charge in [-0.1, -0.05) is 12.2 Å². The second kappa shape index (κ2) is 5.76. The van der Waals surface area contributed by atoms with Gasteiger partial charge < -0.3 is 0 Å². The average molecular weight is 166 g/mol. The summed E-state index contributed by atoms with van der Waals surface area (Å²) in [6, 6.07) is 0.